The summed E-state index contributed by atoms with van der Waals surface area (Å²) in [5, 5.41) is 0. The first-order valence-electron chi connectivity index (χ1n) is 9.88. The number of carbonyl (C=O) groups excluding carboxylic acids is 1. The fraction of sp³-hybridized carbons (Fsp3) is 0.591. The Kier molecular flexibility index (Phi) is 6.86. The van der Waals surface area contributed by atoms with Crippen LogP contribution in [0, 0.1) is 5.92 Å². The summed E-state index contributed by atoms with van der Waals surface area (Å²) >= 11 is 0. The van der Waals surface area contributed by atoms with Crippen molar-refractivity contribution in [2.24, 2.45) is 5.92 Å². The standard InChI is InChI=1S/C22H30O4/c1-3-5-7-8-16-10-11-17-13-20(26-22(23)19(17)12-16)18-14-24-21(25-15-18)9-6-4-2/h4,10-12,18,20-21H,2-3,5-9,13-15H2,1H3. The van der Waals surface area contributed by atoms with E-state index < -0.39 is 0 Å². The van der Waals surface area contributed by atoms with Gasteiger partial charge in [0.15, 0.2) is 6.29 Å². The largest absolute Gasteiger partial charge is 0.458 e. The molecule has 1 aromatic carbocycles. The van der Waals surface area contributed by atoms with E-state index in [9.17, 15) is 4.79 Å². The van der Waals surface area contributed by atoms with E-state index in [2.05, 4.69) is 25.6 Å². The quantitative estimate of drug-likeness (QED) is 0.391. The van der Waals surface area contributed by atoms with Gasteiger partial charge in [-0.05, 0) is 36.5 Å². The van der Waals surface area contributed by atoms with Crippen molar-refractivity contribution in [3.63, 3.8) is 0 Å². The highest BCUT2D eigenvalue weighted by Crippen LogP contribution is 2.29. The van der Waals surface area contributed by atoms with Gasteiger partial charge in [-0.3, -0.25) is 0 Å². The maximum Gasteiger partial charge on any atom is 0.338 e. The summed E-state index contributed by atoms with van der Waals surface area (Å²) in [6.07, 6.45) is 8.59. The summed E-state index contributed by atoms with van der Waals surface area (Å²) in [6.45, 7) is 7.07. The van der Waals surface area contributed by atoms with Gasteiger partial charge in [0, 0.05) is 18.8 Å². The Balaban J connectivity index is 1.58. The molecule has 26 heavy (non-hydrogen) atoms. The molecule has 1 aromatic rings. The van der Waals surface area contributed by atoms with Crippen LogP contribution in [0.1, 0.15) is 60.5 Å². The lowest BCUT2D eigenvalue weighted by Crippen LogP contribution is -2.43. The maximum absolute atomic E-state index is 12.5. The van der Waals surface area contributed by atoms with Crippen LogP contribution in [0.4, 0.5) is 0 Å². The van der Waals surface area contributed by atoms with Crippen LogP contribution in [0.15, 0.2) is 30.9 Å². The highest BCUT2D eigenvalue weighted by atomic mass is 16.7. The van der Waals surface area contributed by atoms with Crippen LogP contribution in [0.5, 0.6) is 0 Å². The van der Waals surface area contributed by atoms with Crippen molar-refractivity contribution in [2.45, 2.75) is 64.3 Å². The van der Waals surface area contributed by atoms with Gasteiger partial charge in [0.05, 0.1) is 18.8 Å². The Morgan fingerprint density at radius 1 is 1.23 bits per heavy atom. The molecule has 2 aliphatic heterocycles. The molecule has 0 saturated carbocycles. The molecular formula is C22H30O4. The first-order valence-corrected chi connectivity index (χ1v) is 9.88. The molecule has 4 nitrogen and oxygen atoms in total. The lowest BCUT2D eigenvalue weighted by atomic mass is 9.90. The third-order valence-electron chi connectivity index (χ3n) is 5.27. The first-order chi connectivity index (χ1) is 12.7. The minimum Gasteiger partial charge on any atom is -0.458 e. The van der Waals surface area contributed by atoms with Crippen molar-refractivity contribution in [3.8, 4) is 0 Å². The minimum atomic E-state index is -0.206. The molecule has 0 bridgehead atoms. The zero-order valence-electron chi connectivity index (χ0n) is 15.7. The number of benzene rings is 1. The Morgan fingerprint density at radius 3 is 2.77 bits per heavy atom. The van der Waals surface area contributed by atoms with Crippen LogP contribution in [0.25, 0.3) is 0 Å². The van der Waals surface area contributed by atoms with E-state index in [0.29, 0.717) is 13.2 Å². The van der Waals surface area contributed by atoms with Gasteiger partial charge in [-0.15, -0.1) is 6.58 Å². The first kappa shape index (κ1) is 19.1. The summed E-state index contributed by atoms with van der Waals surface area (Å²) < 4.78 is 17.3. The summed E-state index contributed by atoms with van der Waals surface area (Å²) in [6, 6.07) is 6.27. The minimum absolute atomic E-state index is 0.0938. The van der Waals surface area contributed by atoms with E-state index >= 15 is 0 Å². The molecule has 142 valence electrons. The van der Waals surface area contributed by atoms with Crippen molar-refractivity contribution in [1.29, 1.82) is 0 Å². The van der Waals surface area contributed by atoms with E-state index in [-0.39, 0.29) is 24.3 Å². The van der Waals surface area contributed by atoms with Crippen molar-refractivity contribution < 1.29 is 19.0 Å². The molecule has 4 heteroatoms. The van der Waals surface area contributed by atoms with Crippen LogP contribution in [-0.4, -0.2) is 31.6 Å². The summed E-state index contributed by atoms with van der Waals surface area (Å²) in [5.74, 6) is -0.112. The number of hydrogen-bond acceptors (Lipinski definition) is 4. The van der Waals surface area contributed by atoms with Crippen molar-refractivity contribution in [2.75, 3.05) is 13.2 Å². The number of esters is 1. The topological polar surface area (TPSA) is 44.8 Å². The van der Waals surface area contributed by atoms with Gasteiger partial charge < -0.3 is 14.2 Å². The monoisotopic (exact) mass is 358 g/mol. The second-order valence-corrected chi connectivity index (χ2v) is 7.32. The third-order valence-corrected chi connectivity index (χ3v) is 5.27. The number of ether oxygens (including phenoxy) is 3. The normalized spacial score (nSPS) is 25.4. The lowest BCUT2D eigenvalue weighted by molar-refractivity contribution is -0.216. The fourth-order valence-corrected chi connectivity index (χ4v) is 3.64. The second kappa shape index (κ2) is 9.33. The average Bonchev–Trinajstić information content (AvgIpc) is 2.67. The Bertz CT molecular complexity index is 617. The van der Waals surface area contributed by atoms with Crippen LogP contribution >= 0.6 is 0 Å². The highest BCUT2D eigenvalue weighted by Gasteiger charge is 2.35. The molecule has 3 rings (SSSR count). The molecule has 2 heterocycles. The highest BCUT2D eigenvalue weighted by molar-refractivity contribution is 5.92. The van der Waals surface area contributed by atoms with E-state index in [0.717, 1.165) is 43.2 Å². The molecule has 2 aliphatic rings. The molecule has 0 aliphatic carbocycles. The second-order valence-electron chi connectivity index (χ2n) is 7.32. The van der Waals surface area contributed by atoms with Crippen molar-refractivity contribution in [1.82, 2.24) is 0 Å². The number of rotatable bonds is 8. The molecular weight excluding hydrogens is 328 g/mol. The Labute approximate surface area is 156 Å². The molecule has 1 fully saturated rings. The number of fused-ring (bicyclic) bond motifs is 1. The summed E-state index contributed by atoms with van der Waals surface area (Å²) in [5.41, 5.74) is 3.04. The van der Waals surface area contributed by atoms with Crippen molar-refractivity contribution in [3.05, 3.63) is 47.5 Å². The van der Waals surface area contributed by atoms with Crippen LogP contribution in [0.3, 0.4) is 0 Å². The van der Waals surface area contributed by atoms with Gasteiger partial charge in [0.25, 0.3) is 0 Å². The molecule has 0 amide bonds. The smallest absolute Gasteiger partial charge is 0.338 e. The Morgan fingerprint density at radius 2 is 2.04 bits per heavy atom. The third kappa shape index (κ3) is 4.74. The van der Waals surface area contributed by atoms with Crippen molar-refractivity contribution >= 4 is 5.97 Å². The Hall–Kier alpha value is -1.65. The fourth-order valence-electron chi connectivity index (χ4n) is 3.64. The molecule has 1 unspecified atom stereocenters. The van der Waals surface area contributed by atoms with E-state index in [1.165, 1.54) is 18.4 Å². The number of unbranched alkanes of at least 4 members (excludes halogenated alkanes) is 2. The maximum atomic E-state index is 12.5. The number of allylic oxidation sites excluding steroid dienone is 1. The van der Waals surface area contributed by atoms with Gasteiger partial charge in [-0.1, -0.05) is 38.0 Å². The van der Waals surface area contributed by atoms with Crippen LogP contribution in [-0.2, 0) is 27.1 Å². The SMILES string of the molecule is C=CCCC1OCC(C2Cc3ccc(CCCCC)cc3C(=O)O2)CO1. The van der Waals surface area contributed by atoms with Gasteiger partial charge in [0.1, 0.15) is 6.10 Å². The van der Waals surface area contributed by atoms with Gasteiger partial charge >= 0.3 is 5.97 Å². The summed E-state index contributed by atoms with van der Waals surface area (Å²) in [7, 11) is 0. The van der Waals surface area contributed by atoms with Gasteiger partial charge in [-0.25, -0.2) is 4.79 Å². The van der Waals surface area contributed by atoms with E-state index in [4.69, 9.17) is 14.2 Å². The van der Waals surface area contributed by atoms with Gasteiger partial charge in [-0.2, -0.15) is 0 Å². The molecule has 1 atom stereocenters. The molecule has 0 aromatic heterocycles. The summed E-state index contributed by atoms with van der Waals surface area (Å²) in [4.78, 5) is 12.5. The lowest BCUT2D eigenvalue weighted by Gasteiger charge is -2.36. The van der Waals surface area contributed by atoms with Gasteiger partial charge in [0.2, 0.25) is 0 Å². The molecule has 0 N–H and O–H groups in total. The zero-order valence-corrected chi connectivity index (χ0v) is 15.7. The average molecular weight is 358 g/mol. The predicted molar refractivity (Wildman–Crippen MR) is 101 cm³/mol. The number of aryl methyl sites for hydroxylation is 1. The molecule has 0 spiro atoms. The number of carbonyl (C=O) groups is 1. The number of hydrogen-bond donors (Lipinski definition) is 0. The van der Waals surface area contributed by atoms with Crippen LogP contribution < -0.4 is 0 Å². The molecule has 0 radical (unpaired) electrons. The molecule has 1 saturated heterocycles. The van der Waals surface area contributed by atoms with E-state index in [1.54, 1.807) is 0 Å². The number of cyclic esters (lactones) is 1. The van der Waals surface area contributed by atoms with Crippen LogP contribution in [0.2, 0.25) is 0 Å². The predicted octanol–water partition coefficient (Wildman–Crippen LogP) is 4.46. The van der Waals surface area contributed by atoms with E-state index in [1.807, 2.05) is 12.1 Å². The zero-order chi connectivity index (χ0) is 18.4.